The third kappa shape index (κ3) is 45.5. The number of ether oxygens (including phenoxy) is 2. The fourth-order valence-corrected chi connectivity index (χ4v) is 7.22. The molecule has 2 aromatic carbocycles. The van der Waals surface area contributed by atoms with Gasteiger partial charge in [-0.2, -0.15) is 0 Å². The van der Waals surface area contributed by atoms with Gasteiger partial charge in [-0.1, -0.05) is 271 Å². The summed E-state index contributed by atoms with van der Waals surface area (Å²) in [5, 5.41) is 22.0. The molecule has 0 spiro atoms. The molecule has 388 valence electrons. The monoisotopic (exact) mass is 1060 g/mol. The minimum atomic E-state index is -1.38. The quantitative estimate of drug-likeness (QED) is 0.0281. The van der Waals surface area contributed by atoms with E-state index in [0.29, 0.717) is 0 Å². The smallest absolute Gasteiger partial charge is 0.545 e. The number of hydrogen-bond donors (Lipinski definition) is 0. The number of esters is 2. The van der Waals surface area contributed by atoms with Gasteiger partial charge in [-0.05, 0) is 50.0 Å². The SMILES string of the molecule is CCCCCCCCCCCC/C=C/OC(=O)c1ccccc1C(=O)[O-].CCCCCCCCCCCC/C=C/OC(=O)c1ccccc1C(=O)[O-].[CH2]CCCCCCC.[CH2]CCCCCCC.[Sn+2]. The molecular formula is C60H96O8Sn. The number of carbonyl (C=O) groups is 4. The normalized spacial score (nSPS) is 10.5. The molecule has 0 heterocycles. The number of carboxylic acids is 2. The van der Waals surface area contributed by atoms with Crippen molar-refractivity contribution in [3.05, 3.63) is 109 Å². The second kappa shape index (κ2) is 55.5. The Hall–Kier alpha value is -3.40. The number of carboxylic acid groups (broad SMARTS) is 2. The molecule has 8 nitrogen and oxygen atoms in total. The Balaban J connectivity index is -0.000000950. The Bertz CT molecular complexity index is 1410. The topological polar surface area (TPSA) is 133 Å². The van der Waals surface area contributed by atoms with Crippen molar-refractivity contribution in [3.63, 3.8) is 0 Å². The zero-order chi connectivity index (χ0) is 50.6. The summed E-state index contributed by atoms with van der Waals surface area (Å²) in [6, 6.07) is 11.8. The van der Waals surface area contributed by atoms with Crippen LogP contribution in [0.1, 0.15) is 287 Å². The zero-order valence-corrected chi connectivity index (χ0v) is 47.0. The summed E-state index contributed by atoms with van der Waals surface area (Å²) >= 11 is 0. The van der Waals surface area contributed by atoms with Gasteiger partial charge in [-0.25, -0.2) is 9.59 Å². The number of carbonyl (C=O) groups excluding carboxylic acids is 4. The third-order valence-electron chi connectivity index (χ3n) is 11.4. The van der Waals surface area contributed by atoms with Crippen molar-refractivity contribution in [1.82, 2.24) is 0 Å². The number of benzene rings is 2. The molecule has 0 unspecified atom stereocenters. The van der Waals surface area contributed by atoms with Crippen LogP contribution < -0.4 is 10.2 Å². The minimum Gasteiger partial charge on any atom is -0.545 e. The van der Waals surface area contributed by atoms with Gasteiger partial charge in [-0.15, -0.1) is 0 Å². The van der Waals surface area contributed by atoms with Gasteiger partial charge in [0.25, 0.3) is 0 Å². The van der Waals surface area contributed by atoms with Crippen molar-refractivity contribution in [1.29, 1.82) is 0 Å². The average molecular weight is 1060 g/mol. The minimum absolute atomic E-state index is 0. The molecule has 0 bridgehead atoms. The Labute approximate surface area is 439 Å². The Kier molecular flexibility index (Phi) is 56.2. The van der Waals surface area contributed by atoms with Crippen molar-refractivity contribution in [2.75, 3.05) is 0 Å². The van der Waals surface area contributed by atoms with Gasteiger partial charge >= 0.3 is 35.8 Å². The molecular weight excluding hydrogens is 967 g/mol. The summed E-state index contributed by atoms with van der Waals surface area (Å²) in [5.74, 6) is -4.12. The number of hydrogen-bond acceptors (Lipinski definition) is 8. The standard InChI is InChI=1S/2C22H32O4.2C8H17.Sn/c2*1-2-3-4-5-6-7-8-9-10-11-12-15-18-26-22(25)20-17-14-13-16-19(20)21(23)24;2*1-3-5-7-8-6-4-2;/h2*13-18H,2-12H2,1H3,(H,23,24);2*1,3-8H2,2H3;/q;;;;+2/p-2/b2*18-15+;;;. The van der Waals surface area contributed by atoms with Crippen LogP contribution in [0.4, 0.5) is 0 Å². The molecule has 0 fully saturated rings. The summed E-state index contributed by atoms with van der Waals surface area (Å²) < 4.78 is 10.0. The van der Waals surface area contributed by atoms with Crippen molar-refractivity contribution >= 4 is 47.8 Å². The van der Waals surface area contributed by atoms with E-state index in [-0.39, 0.29) is 46.2 Å². The van der Waals surface area contributed by atoms with Crippen LogP contribution in [-0.2, 0) is 9.47 Å². The van der Waals surface area contributed by atoms with Gasteiger partial charge in [0.2, 0.25) is 0 Å². The van der Waals surface area contributed by atoms with Gasteiger partial charge in [0.15, 0.2) is 0 Å². The summed E-state index contributed by atoms with van der Waals surface area (Å²) in [7, 11) is 0. The van der Waals surface area contributed by atoms with Gasteiger partial charge in [0, 0.05) is 11.1 Å². The average Bonchev–Trinajstić information content (AvgIpc) is 3.35. The Morgan fingerprint density at radius 3 is 0.870 bits per heavy atom. The Morgan fingerprint density at radius 2 is 0.623 bits per heavy atom. The van der Waals surface area contributed by atoms with Crippen molar-refractivity contribution < 1.29 is 38.9 Å². The van der Waals surface area contributed by atoms with Crippen LogP contribution in [0.25, 0.3) is 0 Å². The molecule has 4 radical (unpaired) electrons. The van der Waals surface area contributed by atoms with Gasteiger partial charge in [0.05, 0.1) is 35.6 Å². The van der Waals surface area contributed by atoms with E-state index in [1.54, 1.807) is 24.3 Å². The van der Waals surface area contributed by atoms with Crippen LogP contribution in [-0.4, -0.2) is 47.8 Å². The zero-order valence-electron chi connectivity index (χ0n) is 44.2. The number of aromatic carboxylic acids is 2. The molecule has 2 aromatic rings. The van der Waals surface area contributed by atoms with Gasteiger partial charge < -0.3 is 29.3 Å². The first-order chi connectivity index (χ1) is 33.2. The first-order valence-corrected chi connectivity index (χ1v) is 27.1. The maximum absolute atomic E-state index is 11.9. The number of unbranched alkanes of at least 4 members (excludes halogenated alkanes) is 30. The summed E-state index contributed by atoms with van der Waals surface area (Å²) in [6.07, 6.45) is 49.7. The molecule has 0 atom stereocenters. The second-order valence-electron chi connectivity index (χ2n) is 17.7. The molecule has 9 heteroatoms. The first-order valence-electron chi connectivity index (χ1n) is 27.1. The molecule has 0 aromatic heterocycles. The maximum Gasteiger partial charge on any atom is 2.00 e. The van der Waals surface area contributed by atoms with E-state index in [2.05, 4.69) is 41.5 Å². The van der Waals surface area contributed by atoms with Crippen molar-refractivity contribution in [2.24, 2.45) is 0 Å². The van der Waals surface area contributed by atoms with Crippen LogP contribution in [0.5, 0.6) is 0 Å². The van der Waals surface area contributed by atoms with E-state index in [4.69, 9.17) is 9.47 Å². The summed E-state index contributed by atoms with van der Waals surface area (Å²) in [5.41, 5.74) is -0.284. The molecule has 2 rings (SSSR count). The molecule has 0 aliphatic rings. The fraction of sp³-hybridized carbons (Fsp3) is 0.633. The van der Waals surface area contributed by atoms with Crippen molar-refractivity contribution in [2.45, 2.75) is 246 Å². The Morgan fingerprint density at radius 1 is 0.391 bits per heavy atom. The summed E-state index contributed by atoms with van der Waals surface area (Å²) in [4.78, 5) is 45.8. The van der Waals surface area contributed by atoms with Crippen LogP contribution in [0.15, 0.2) is 73.2 Å². The van der Waals surface area contributed by atoms with E-state index in [1.807, 2.05) is 12.2 Å². The predicted molar refractivity (Wildman–Crippen MR) is 287 cm³/mol. The maximum atomic E-state index is 11.9. The van der Waals surface area contributed by atoms with Crippen LogP contribution in [0, 0.1) is 13.8 Å². The van der Waals surface area contributed by atoms with E-state index >= 15 is 0 Å². The fourth-order valence-electron chi connectivity index (χ4n) is 7.22. The van der Waals surface area contributed by atoms with Crippen LogP contribution in [0.2, 0.25) is 0 Å². The molecule has 0 saturated carbocycles. The molecule has 0 aliphatic heterocycles. The van der Waals surface area contributed by atoms with Crippen molar-refractivity contribution in [3.8, 4) is 0 Å². The molecule has 0 amide bonds. The second-order valence-corrected chi connectivity index (χ2v) is 17.7. The first kappa shape index (κ1) is 69.9. The number of allylic oxidation sites excluding steroid dienone is 2. The van der Waals surface area contributed by atoms with Gasteiger partial charge in [0.1, 0.15) is 0 Å². The largest absolute Gasteiger partial charge is 2.00 e. The van der Waals surface area contributed by atoms with Crippen LogP contribution >= 0.6 is 0 Å². The molecule has 0 N–H and O–H groups in total. The van der Waals surface area contributed by atoms with E-state index in [0.717, 1.165) is 38.5 Å². The number of rotatable bonds is 38. The third-order valence-corrected chi connectivity index (χ3v) is 11.4. The summed E-state index contributed by atoms with van der Waals surface area (Å²) in [6.45, 7) is 16.5. The van der Waals surface area contributed by atoms with Gasteiger partial charge in [-0.3, -0.25) is 0 Å². The van der Waals surface area contributed by atoms with E-state index < -0.39 is 23.9 Å². The van der Waals surface area contributed by atoms with Crippen LogP contribution in [0.3, 0.4) is 0 Å². The molecule has 0 aliphatic carbocycles. The van der Waals surface area contributed by atoms with E-state index in [1.165, 1.54) is 217 Å². The molecule has 0 saturated heterocycles. The predicted octanol–water partition coefficient (Wildman–Crippen LogP) is 16.0. The van der Waals surface area contributed by atoms with E-state index in [9.17, 15) is 29.4 Å². The molecule has 69 heavy (non-hydrogen) atoms.